The molecule has 0 spiro atoms. The van der Waals surface area contributed by atoms with Crippen molar-refractivity contribution in [2.45, 2.75) is 13.0 Å². The maximum absolute atomic E-state index is 12.3. The maximum atomic E-state index is 12.3. The Labute approximate surface area is 117 Å². The van der Waals surface area contributed by atoms with Crippen molar-refractivity contribution in [1.29, 1.82) is 0 Å². The number of rotatable bonds is 3. The first-order chi connectivity index (χ1) is 9.40. The number of nitrogens with one attached hydrogen (secondary N) is 1. The van der Waals surface area contributed by atoms with Crippen LogP contribution >= 0.6 is 0 Å². The zero-order valence-corrected chi connectivity index (χ0v) is 11.7. The fourth-order valence-corrected chi connectivity index (χ4v) is 2.59. The maximum Gasteiger partial charge on any atom is 0.319 e. The van der Waals surface area contributed by atoms with Gasteiger partial charge in [0.15, 0.2) is 0 Å². The highest BCUT2D eigenvalue weighted by molar-refractivity contribution is 5.79. The first-order valence-electron chi connectivity index (χ1n) is 6.67. The molecule has 0 radical (unpaired) electrons. The molecular weight excluding hydrogens is 264 g/mol. The number of carbonyl (C=O) groups is 3. The number of hydrogen-bond acceptors (Lipinski definition) is 3. The van der Waals surface area contributed by atoms with E-state index in [0.29, 0.717) is 26.2 Å². The Morgan fingerprint density at radius 1 is 1.50 bits per heavy atom. The fourth-order valence-electron chi connectivity index (χ4n) is 2.59. The molecule has 0 aromatic rings. The van der Waals surface area contributed by atoms with E-state index >= 15 is 0 Å². The summed E-state index contributed by atoms with van der Waals surface area (Å²) < 4.78 is 0. The Morgan fingerprint density at radius 3 is 2.85 bits per heavy atom. The van der Waals surface area contributed by atoms with Gasteiger partial charge in [0, 0.05) is 39.8 Å². The molecule has 2 saturated heterocycles. The third-order valence-corrected chi connectivity index (χ3v) is 3.80. The highest BCUT2D eigenvalue weighted by Crippen LogP contribution is 2.15. The Morgan fingerprint density at radius 2 is 2.20 bits per heavy atom. The predicted molar refractivity (Wildman–Crippen MR) is 70.3 cm³/mol. The average Bonchev–Trinajstić information content (AvgIpc) is 2.78. The summed E-state index contributed by atoms with van der Waals surface area (Å²) in [6.45, 7) is 3.79. The number of fused-ring (bicyclic) bond motifs is 1. The van der Waals surface area contributed by atoms with Crippen molar-refractivity contribution in [1.82, 2.24) is 20.0 Å². The molecule has 8 heteroatoms. The minimum atomic E-state index is -0.917. The zero-order valence-electron chi connectivity index (χ0n) is 11.7. The van der Waals surface area contributed by atoms with Gasteiger partial charge >= 0.3 is 18.0 Å². The molecule has 0 aromatic carbocycles. The number of amides is 4. The SMILES string of the molecule is CC(CN(C)C(=O)N1CCN2C(=O)NCC2C1)C(=O)O. The number of nitrogens with zero attached hydrogens (tertiary/aromatic N) is 3. The van der Waals surface area contributed by atoms with Gasteiger partial charge in [-0.2, -0.15) is 0 Å². The molecule has 2 N–H and O–H groups in total. The summed E-state index contributed by atoms with van der Waals surface area (Å²) in [5.41, 5.74) is 0. The van der Waals surface area contributed by atoms with Crippen molar-refractivity contribution in [2.24, 2.45) is 5.92 Å². The van der Waals surface area contributed by atoms with E-state index in [1.54, 1.807) is 23.8 Å². The van der Waals surface area contributed by atoms with Crippen molar-refractivity contribution in [2.75, 3.05) is 39.8 Å². The predicted octanol–water partition coefficient (Wildman–Crippen LogP) is -0.532. The molecule has 2 fully saturated rings. The minimum absolute atomic E-state index is 0.0190. The van der Waals surface area contributed by atoms with Gasteiger partial charge < -0.3 is 25.1 Å². The van der Waals surface area contributed by atoms with E-state index in [2.05, 4.69) is 5.32 Å². The summed E-state index contributed by atoms with van der Waals surface area (Å²) in [5.74, 6) is -1.51. The number of carboxylic acids is 1. The van der Waals surface area contributed by atoms with E-state index < -0.39 is 11.9 Å². The van der Waals surface area contributed by atoms with Gasteiger partial charge in [-0.3, -0.25) is 4.79 Å². The second-order valence-corrected chi connectivity index (χ2v) is 5.38. The van der Waals surface area contributed by atoms with Crippen LogP contribution in [0.25, 0.3) is 0 Å². The Bertz CT molecular complexity index is 428. The van der Waals surface area contributed by atoms with E-state index in [1.165, 1.54) is 4.90 Å². The summed E-state index contributed by atoms with van der Waals surface area (Å²) >= 11 is 0. The van der Waals surface area contributed by atoms with Crippen LogP contribution in [0.2, 0.25) is 0 Å². The summed E-state index contributed by atoms with van der Waals surface area (Å²) in [6.07, 6.45) is 0. The van der Waals surface area contributed by atoms with Gasteiger partial charge in [-0.25, -0.2) is 9.59 Å². The van der Waals surface area contributed by atoms with Crippen molar-refractivity contribution < 1.29 is 19.5 Å². The third-order valence-electron chi connectivity index (χ3n) is 3.80. The molecule has 20 heavy (non-hydrogen) atoms. The van der Waals surface area contributed by atoms with Crippen molar-refractivity contribution in [3.8, 4) is 0 Å². The quantitative estimate of drug-likeness (QED) is 0.728. The Balaban J connectivity index is 1.90. The number of aliphatic carboxylic acids is 1. The summed E-state index contributed by atoms with van der Waals surface area (Å²) in [7, 11) is 1.60. The van der Waals surface area contributed by atoms with Crippen LogP contribution in [0.4, 0.5) is 9.59 Å². The van der Waals surface area contributed by atoms with Gasteiger partial charge in [0.05, 0.1) is 12.0 Å². The largest absolute Gasteiger partial charge is 0.481 e. The summed E-state index contributed by atoms with van der Waals surface area (Å²) in [4.78, 5) is 39.4. The zero-order chi connectivity index (χ0) is 14.9. The lowest BCUT2D eigenvalue weighted by atomic mass is 10.1. The molecule has 0 aliphatic carbocycles. The highest BCUT2D eigenvalue weighted by Gasteiger charge is 2.37. The molecule has 2 unspecified atom stereocenters. The smallest absolute Gasteiger partial charge is 0.319 e. The molecule has 0 aromatic heterocycles. The minimum Gasteiger partial charge on any atom is -0.481 e. The van der Waals surface area contributed by atoms with Crippen LogP contribution in [0, 0.1) is 5.92 Å². The van der Waals surface area contributed by atoms with Crippen LogP contribution in [-0.4, -0.2) is 83.7 Å². The number of carbonyl (C=O) groups excluding carboxylic acids is 2. The lowest BCUT2D eigenvalue weighted by molar-refractivity contribution is -0.141. The van der Waals surface area contributed by atoms with Gasteiger partial charge in [0.1, 0.15) is 0 Å². The van der Waals surface area contributed by atoms with E-state index in [0.717, 1.165) is 0 Å². The first kappa shape index (κ1) is 14.4. The molecule has 8 nitrogen and oxygen atoms in total. The molecule has 0 saturated carbocycles. The Hall–Kier alpha value is -1.99. The van der Waals surface area contributed by atoms with E-state index in [1.807, 2.05) is 0 Å². The number of urea groups is 2. The Kier molecular flexibility index (Phi) is 4.01. The standard InChI is InChI=1S/C12H20N4O4/c1-8(10(17)18)6-14(2)12(20)15-3-4-16-9(7-15)5-13-11(16)19/h8-9H,3-7H2,1-2H3,(H,13,19)(H,17,18). The summed E-state index contributed by atoms with van der Waals surface area (Å²) in [6, 6.07) is -0.238. The number of hydrogen-bond donors (Lipinski definition) is 2. The van der Waals surface area contributed by atoms with Crippen LogP contribution in [0.1, 0.15) is 6.92 Å². The molecular formula is C12H20N4O4. The third kappa shape index (κ3) is 2.78. The van der Waals surface area contributed by atoms with Crippen LogP contribution in [0.15, 0.2) is 0 Å². The molecule has 2 atom stereocenters. The average molecular weight is 284 g/mol. The lowest BCUT2D eigenvalue weighted by Crippen LogP contribution is -2.56. The van der Waals surface area contributed by atoms with Crippen molar-refractivity contribution in [3.05, 3.63) is 0 Å². The molecule has 2 aliphatic rings. The van der Waals surface area contributed by atoms with Crippen molar-refractivity contribution in [3.63, 3.8) is 0 Å². The van der Waals surface area contributed by atoms with Gasteiger partial charge in [-0.15, -0.1) is 0 Å². The molecule has 4 amide bonds. The summed E-state index contributed by atoms with van der Waals surface area (Å²) in [5, 5.41) is 11.6. The second kappa shape index (κ2) is 5.56. The highest BCUT2D eigenvalue weighted by atomic mass is 16.4. The lowest BCUT2D eigenvalue weighted by Gasteiger charge is -2.38. The van der Waals surface area contributed by atoms with Crippen LogP contribution in [-0.2, 0) is 4.79 Å². The van der Waals surface area contributed by atoms with Gasteiger partial charge in [-0.05, 0) is 0 Å². The number of piperazine rings is 1. The van der Waals surface area contributed by atoms with Gasteiger partial charge in [-0.1, -0.05) is 6.92 Å². The normalized spacial score (nSPS) is 23.1. The van der Waals surface area contributed by atoms with Crippen LogP contribution in [0.3, 0.4) is 0 Å². The monoisotopic (exact) mass is 284 g/mol. The first-order valence-corrected chi connectivity index (χ1v) is 6.67. The van der Waals surface area contributed by atoms with Gasteiger partial charge in [0.25, 0.3) is 0 Å². The van der Waals surface area contributed by atoms with Crippen LogP contribution < -0.4 is 5.32 Å². The van der Waals surface area contributed by atoms with Gasteiger partial charge in [0.2, 0.25) is 0 Å². The topological polar surface area (TPSA) is 93.2 Å². The molecule has 112 valence electrons. The van der Waals surface area contributed by atoms with E-state index in [9.17, 15) is 14.4 Å². The van der Waals surface area contributed by atoms with E-state index in [-0.39, 0.29) is 24.6 Å². The molecule has 0 bridgehead atoms. The molecule has 2 heterocycles. The van der Waals surface area contributed by atoms with Crippen molar-refractivity contribution >= 4 is 18.0 Å². The number of carboxylic acid groups (broad SMARTS) is 1. The van der Waals surface area contributed by atoms with Crippen LogP contribution in [0.5, 0.6) is 0 Å². The fraction of sp³-hybridized carbons (Fsp3) is 0.750. The van der Waals surface area contributed by atoms with E-state index in [4.69, 9.17) is 5.11 Å². The molecule has 2 rings (SSSR count). The second-order valence-electron chi connectivity index (χ2n) is 5.38. The molecule has 2 aliphatic heterocycles.